The second-order valence-electron chi connectivity index (χ2n) is 7.80. The standard InChI is InChI=1S/C26H25N3O4/c1-16-7-9-20(12-17(16)2)28-24-23(19-8-10-21(32-3)22(13-19)33-4)25(30)29(26(24)31)15-18-6-5-11-27-14-18/h5-14,28H,15H2,1-4H3. The number of benzene rings is 2. The number of rotatable bonds is 7. The highest BCUT2D eigenvalue weighted by Crippen LogP contribution is 2.36. The Kier molecular flexibility index (Phi) is 6.13. The van der Waals surface area contributed by atoms with Gasteiger partial charge in [-0.1, -0.05) is 18.2 Å². The van der Waals surface area contributed by atoms with Crippen LogP contribution in [0, 0.1) is 13.8 Å². The molecule has 1 aromatic heterocycles. The highest BCUT2D eigenvalue weighted by molar-refractivity contribution is 6.36. The molecule has 0 fully saturated rings. The number of hydrogen-bond acceptors (Lipinski definition) is 6. The van der Waals surface area contributed by atoms with Crippen molar-refractivity contribution in [1.82, 2.24) is 9.88 Å². The van der Waals surface area contributed by atoms with Crippen LogP contribution in [-0.2, 0) is 16.1 Å². The van der Waals surface area contributed by atoms with Gasteiger partial charge in [0.1, 0.15) is 5.70 Å². The van der Waals surface area contributed by atoms with E-state index in [2.05, 4.69) is 10.3 Å². The number of carbonyl (C=O) groups is 2. The first kappa shape index (κ1) is 22.1. The van der Waals surface area contributed by atoms with Crippen LogP contribution in [0.3, 0.4) is 0 Å². The van der Waals surface area contributed by atoms with Crippen molar-refractivity contribution >= 4 is 23.1 Å². The van der Waals surface area contributed by atoms with Crippen molar-refractivity contribution in [3.63, 3.8) is 0 Å². The molecule has 3 aromatic rings. The molecule has 4 rings (SSSR count). The van der Waals surface area contributed by atoms with Crippen LogP contribution in [0.2, 0.25) is 0 Å². The van der Waals surface area contributed by atoms with Crippen LogP contribution >= 0.6 is 0 Å². The monoisotopic (exact) mass is 443 g/mol. The molecule has 7 nitrogen and oxygen atoms in total. The van der Waals surface area contributed by atoms with Gasteiger partial charge in [-0.2, -0.15) is 0 Å². The highest BCUT2D eigenvalue weighted by atomic mass is 16.5. The van der Waals surface area contributed by atoms with E-state index in [1.807, 2.05) is 38.1 Å². The van der Waals surface area contributed by atoms with E-state index in [4.69, 9.17) is 9.47 Å². The summed E-state index contributed by atoms with van der Waals surface area (Å²) in [5.74, 6) is 0.225. The SMILES string of the molecule is COc1ccc(C2=C(Nc3ccc(C)c(C)c3)C(=O)N(Cc3cccnc3)C2=O)cc1OC. The van der Waals surface area contributed by atoms with Crippen molar-refractivity contribution < 1.29 is 19.1 Å². The largest absolute Gasteiger partial charge is 0.493 e. The molecule has 2 aromatic carbocycles. The zero-order chi connectivity index (χ0) is 23.5. The zero-order valence-corrected chi connectivity index (χ0v) is 19.0. The zero-order valence-electron chi connectivity index (χ0n) is 19.0. The van der Waals surface area contributed by atoms with E-state index < -0.39 is 5.91 Å². The quantitative estimate of drug-likeness (QED) is 0.554. The van der Waals surface area contributed by atoms with Gasteiger partial charge in [0, 0.05) is 18.1 Å². The molecule has 168 valence electrons. The number of nitrogens with one attached hydrogen (secondary N) is 1. The first-order chi connectivity index (χ1) is 15.9. The number of carbonyl (C=O) groups excluding carboxylic acids is 2. The summed E-state index contributed by atoms with van der Waals surface area (Å²) >= 11 is 0. The van der Waals surface area contributed by atoms with Gasteiger partial charge in [-0.15, -0.1) is 0 Å². The lowest BCUT2D eigenvalue weighted by Gasteiger charge is -2.15. The summed E-state index contributed by atoms with van der Waals surface area (Å²) in [6.07, 6.45) is 3.29. The van der Waals surface area contributed by atoms with Gasteiger partial charge in [0.05, 0.1) is 26.3 Å². The molecule has 0 saturated carbocycles. The minimum atomic E-state index is -0.396. The normalized spacial score (nSPS) is 13.5. The number of imide groups is 1. The molecule has 1 aliphatic rings. The Hall–Kier alpha value is -4.13. The number of methoxy groups -OCH3 is 2. The summed E-state index contributed by atoms with van der Waals surface area (Å²) in [4.78, 5) is 32.3. The number of hydrogen-bond donors (Lipinski definition) is 1. The average Bonchev–Trinajstić information content (AvgIpc) is 3.05. The van der Waals surface area contributed by atoms with Crippen LogP contribution in [0.25, 0.3) is 5.57 Å². The van der Waals surface area contributed by atoms with Crippen molar-refractivity contribution in [2.24, 2.45) is 0 Å². The van der Waals surface area contributed by atoms with E-state index in [-0.39, 0.29) is 23.7 Å². The summed E-state index contributed by atoms with van der Waals surface area (Å²) in [6, 6.07) is 14.6. The Morgan fingerprint density at radius 3 is 2.36 bits per heavy atom. The Balaban J connectivity index is 1.79. The van der Waals surface area contributed by atoms with Crippen molar-refractivity contribution in [3.05, 3.63) is 88.9 Å². The Morgan fingerprint density at radius 1 is 0.909 bits per heavy atom. The molecule has 0 atom stereocenters. The van der Waals surface area contributed by atoms with E-state index in [0.717, 1.165) is 22.4 Å². The maximum Gasteiger partial charge on any atom is 0.278 e. The number of anilines is 1. The summed E-state index contributed by atoms with van der Waals surface area (Å²) in [6.45, 7) is 4.15. The maximum absolute atomic E-state index is 13.5. The van der Waals surface area contributed by atoms with Gasteiger partial charge >= 0.3 is 0 Å². The smallest absolute Gasteiger partial charge is 0.278 e. The average molecular weight is 444 g/mol. The maximum atomic E-state index is 13.5. The van der Waals surface area contributed by atoms with E-state index in [9.17, 15) is 9.59 Å². The lowest BCUT2D eigenvalue weighted by molar-refractivity contribution is -0.137. The Labute approximate surface area is 192 Å². The van der Waals surface area contributed by atoms with Gasteiger partial charge < -0.3 is 14.8 Å². The van der Waals surface area contributed by atoms with Crippen LogP contribution in [-0.4, -0.2) is 35.9 Å². The molecule has 1 aliphatic heterocycles. The van der Waals surface area contributed by atoms with E-state index in [1.165, 1.54) is 12.0 Å². The summed E-state index contributed by atoms with van der Waals surface area (Å²) < 4.78 is 10.7. The van der Waals surface area contributed by atoms with E-state index in [1.54, 1.807) is 43.8 Å². The summed E-state index contributed by atoms with van der Waals surface area (Å²) in [7, 11) is 3.07. The minimum absolute atomic E-state index is 0.125. The van der Waals surface area contributed by atoms with Gasteiger partial charge in [-0.25, -0.2) is 0 Å². The molecule has 0 bridgehead atoms. The van der Waals surface area contributed by atoms with Crippen molar-refractivity contribution in [3.8, 4) is 11.5 Å². The van der Waals surface area contributed by atoms with Gasteiger partial charge in [0.15, 0.2) is 11.5 Å². The van der Waals surface area contributed by atoms with Crippen molar-refractivity contribution in [2.75, 3.05) is 19.5 Å². The molecule has 0 radical (unpaired) electrons. The van der Waals surface area contributed by atoms with Gasteiger partial charge in [-0.05, 0) is 66.4 Å². The van der Waals surface area contributed by atoms with Crippen LogP contribution < -0.4 is 14.8 Å². The lowest BCUT2D eigenvalue weighted by atomic mass is 10.0. The Bertz CT molecular complexity index is 1250. The fourth-order valence-corrected chi connectivity index (χ4v) is 3.73. The number of aryl methyl sites for hydroxylation is 2. The second-order valence-corrected chi connectivity index (χ2v) is 7.80. The number of nitrogens with zero attached hydrogens (tertiary/aromatic N) is 2. The fourth-order valence-electron chi connectivity index (χ4n) is 3.73. The molecule has 0 spiro atoms. The minimum Gasteiger partial charge on any atom is -0.493 e. The van der Waals surface area contributed by atoms with Gasteiger partial charge in [0.2, 0.25) is 0 Å². The molecule has 1 N–H and O–H groups in total. The summed E-state index contributed by atoms with van der Waals surface area (Å²) in [5.41, 5.74) is 4.78. The Morgan fingerprint density at radius 2 is 1.70 bits per heavy atom. The molecule has 2 heterocycles. The summed E-state index contributed by atoms with van der Waals surface area (Å²) in [5, 5.41) is 3.20. The van der Waals surface area contributed by atoms with Crippen LogP contribution in [0.5, 0.6) is 11.5 Å². The molecule has 33 heavy (non-hydrogen) atoms. The predicted octanol–water partition coefficient (Wildman–Crippen LogP) is 4.11. The van der Waals surface area contributed by atoms with Crippen molar-refractivity contribution in [1.29, 1.82) is 0 Å². The number of amides is 2. The molecular formula is C26H25N3O4. The molecular weight excluding hydrogens is 418 g/mol. The molecule has 0 saturated heterocycles. The number of pyridine rings is 1. The third-order valence-corrected chi connectivity index (χ3v) is 5.68. The first-order valence-corrected chi connectivity index (χ1v) is 10.5. The number of aromatic nitrogens is 1. The van der Waals surface area contributed by atoms with E-state index in [0.29, 0.717) is 17.1 Å². The van der Waals surface area contributed by atoms with Gasteiger partial charge in [0.25, 0.3) is 11.8 Å². The highest BCUT2D eigenvalue weighted by Gasteiger charge is 2.39. The van der Waals surface area contributed by atoms with Crippen LogP contribution in [0.4, 0.5) is 5.69 Å². The third-order valence-electron chi connectivity index (χ3n) is 5.68. The van der Waals surface area contributed by atoms with Crippen molar-refractivity contribution in [2.45, 2.75) is 20.4 Å². The van der Waals surface area contributed by atoms with E-state index >= 15 is 0 Å². The first-order valence-electron chi connectivity index (χ1n) is 10.5. The lowest BCUT2D eigenvalue weighted by Crippen LogP contribution is -2.32. The van der Waals surface area contributed by atoms with Gasteiger partial charge in [-0.3, -0.25) is 19.5 Å². The molecule has 7 heteroatoms. The topological polar surface area (TPSA) is 80.8 Å². The number of ether oxygens (including phenoxy) is 2. The molecule has 0 aliphatic carbocycles. The van der Waals surface area contributed by atoms with Crippen LogP contribution in [0.1, 0.15) is 22.3 Å². The van der Waals surface area contributed by atoms with Crippen LogP contribution in [0.15, 0.2) is 66.6 Å². The molecule has 0 unspecified atom stereocenters. The third kappa shape index (κ3) is 4.30. The second kappa shape index (κ2) is 9.16. The molecule has 2 amide bonds. The predicted molar refractivity (Wildman–Crippen MR) is 126 cm³/mol. The fraction of sp³-hybridized carbons (Fsp3) is 0.192.